The molecule has 0 aliphatic carbocycles. The first kappa shape index (κ1) is 12.4. The van der Waals surface area contributed by atoms with Crippen LogP contribution in [0.1, 0.15) is 5.69 Å². The molecule has 0 saturated carbocycles. The maximum atomic E-state index is 8.82. The minimum Gasteiger partial charge on any atom is -0.424 e. The predicted molar refractivity (Wildman–Crippen MR) is 75.8 cm³/mol. The van der Waals surface area contributed by atoms with E-state index in [9.17, 15) is 0 Å². The molecule has 5 heteroatoms. The molecule has 20 heavy (non-hydrogen) atoms. The Morgan fingerprint density at radius 1 is 1.05 bits per heavy atom. The number of rotatable bonds is 2. The number of nitriles is 1. The Hall–Kier alpha value is -2.64. The van der Waals surface area contributed by atoms with Crippen LogP contribution in [0.5, 0.6) is 11.8 Å². The number of benzene rings is 2. The van der Waals surface area contributed by atoms with Crippen LogP contribution in [0.2, 0.25) is 5.02 Å². The molecular weight excluding hydrogens is 274 g/mol. The van der Waals surface area contributed by atoms with E-state index in [1.165, 1.54) is 12.3 Å². The lowest BCUT2D eigenvalue weighted by atomic mass is 10.1. The first-order valence-electron chi connectivity index (χ1n) is 5.86. The molecule has 0 aliphatic heterocycles. The fraction of sp³-hybridized carbons (Fsp3) is 0. The van der Waals surface area contributed by atoms with Crippen LogP contribution in [0.15, 0.2) is 48.7 Å². The first-order valence-corrected chi connectivity index (χ1v) is 6.24. The third kappa shape index (κ3) is 2.27. The van der Waals surface area contributed by atoms with E-state index in [2.05, 4.69) is 9.97 Å². The van der Waals surface area contributed by atoms with Gasteiger partial charge in [-0.25, -0.2) is 4.98 Å². The topological polar surface area (TPSA) is 58.8 Å². The van der Waals surface area contributed by atoms with Gasteiger partial charge in [-0.3, -0.25) is 0 Å². The van der Waals surface area contributed by atoms with E-state index in [0.717, 1.165) is 10.8 Å². The van der Waals surface area contributed by atoms with Crippen LogP contribution in [0.3, 0.4) is 0 Å². The average molecular weight is 282 g/mol. The van der Waals surface area contributed by atoms with E-state index < -0.39 is 0 Å². The summed E-state index contributed by atoms with van der Waals surface area (Å²) in [6, 6.07) is 14.7. The highest BCUT2D eigenvalue weighted by Gasteiger charge is 2.08. The zero-order chi connectivity index (χ0) is 13.9. The molecule has 0 N–H and O–H groups in total. The standard InChI is InChI=1S/C15H8ClN3O/c16-13-5-6-14(12-4-2-1-3-11(12)13)20-15-18-8-7-10(9-17)19-15/h1-8H. The fourth-order valence-corrected chi connectivity index (χ4v) is 2.10. The molecule has 0 radical (unpaired) electrons. The van der Waals surface area contributed by atoms with Crippen molar-refractivity contribution in [3.05, 3.63) is 59.4 Å². The Labute approximate surface area is 120 Å². The largest absolute Gasteiger partial charge is 0.424 e. The molecule has 0 spiro atoms. The normalized spacial score (nSPS) is 10.2. The number of ether oxygens (including phenoxy) is 1. The quantitative estimate of drug-likeness (QED) is 0.714. The van der Waals surface area contributed by atoms with Gasteiger partial charge in [-0.15, -0.1) is 0 Å². The molecule has 3 rings (SSSR count). The molecule has 0 saturated heterocycles. The van der Waals surface area contributed by atoms with Crippen molar-refractivity contribution in [3.8, 4) is 17.8 Å². The van der Waals surface area contributed by atoms with Gasteiger partial charge in [-0.1, -0.05) is 35.9 Å². The summed E-state index contributed by atoms with van der Waals surface area (Å²) in [4.78, 5) is 7.98. The van der Waals surface area contributed by atoms with Crippen LogP contribution in [0.4, 0.5) is 0 Å². The van der Waals surface area contributed by atoms with Crippen molar-refractivity contribution < 1.29 is 4.74 Å². The van der Waals surface area contributed by atoms with Gasteiger partial charge in [0.05, 0.1) is 0 Å². The number of nitrogens with zero attached hydrogens (tertiary/aromatic N) is 3. The van der Waals surface area contributed by atoms with Gasteiger partial charge in [0.2, 0.25) is 0 Å². The molecule has 3 aromatic rings. The first-order chi connectivity index (χ1) is 9.78. The smallest absolute Gasteiger partial charge is 0.323 e. The highest BCUT2D eigenvalue weighted by molar-refractivity contribution is 6.35. The summed E-state index contributed by atoms with van der Waals surface area (Å²) >= 11 is 6.15. The summed E-state index contributed by atoms with van der Waals surface area (Å²) in [5.41, 5.74) is 0.258. The lowest BCUT2D eigenvalue weighted by Crippen LogP contribution is -1.94. The van der Waals surface area contributed by atoms with Gasteiger partial charge in [-0.05, 0) is 18.2 Å². The highest BCUT2D eigenvalue weighted by atomic mass is 35.5. The van der Waals surface area contributed by atoms with Crippen molar-refractivity contribution in [1.82, 2.24) is 9.97 Å². The van der Waals surface area contributed by atoms with E-state index in [-0.39, 0.29) is 11.7 Å². The lowest BCUT2D eigenvalue weighted by Gasteiger charge is -2.08. The Balaban J connectivity index is 2.07. The van der Waals surface area contributed by atoms with E-state index >= 15 is 0 Å². The van der Waals surface area contributed by atoms with Gasteiger partial charge in [0.1, 0.15) is 17.5 Å². The second-order valence-electron chi connectivity index (χ2n) is 4.03. The molecule has 1 heterocycles. The SMILES string of the molecule is N#Cc1ccnc(Oc2ccc(Cl)c3ccccc23)n1. The molecule has 0 unspecified atom stereocenters. The van der Waals surface area contributed by atoms with Crippen LogP contribution in [0.25, 0.3) is 10.8 Å². The van der Waals surface area contributed by atoms with Gasteiger partial charge in [0.25, 0.3) is 0 Å². The van der Waals surface area contributed by atoms with Gasteiger partial charge in [0, 0.05) is 22.0 Å². The molecule has 0 aliphatic rings. The molecule has 0 bridgehead atoms. The minimum absolute atomic E-state index is 0.136. The van der Waals surface area contributed by atoms with E-state index in [4.69, 9.17) is 21.6 Å². The van der Waals surface area contributed by atoms with E-state index in [0.29, 0.717) is 10.8 Å². The Bertz CT molecular complexity index is 827. The van der Waals surface area contributed by atoms with Gasteiger partial charge >= 0.3 is 6.01 Å². The second kappa shape index (κ2) is 5.16. The Morgan fingerprint density at radius 3 is 2.65 bits per heavy atom. The summed E-state index contributed by atoms with van der Waals surface area (Å²) in [6.45, 7) is 0. The molecule has 0 amide bonds. The van der Waals surface area contributed by atoms with Gasteiger partial charge in [-0.2, -0.15) is 10.2 Å². The summed E-state index contributed by atoms with van der Waals surface area (Å²) < 4.78 is 5.66. The molecule has 0 fully saturated rings. The molecule has 96 valence electrons. The van der Waals surface area contributed by atoms with Crippen LogP contribution in [-0.2, 0) is 0 Å². The Morgan fingerprint density at radius 2 is 1.85 bits per heavy atom. The third-order valence-corrected chi connectivity index (χ3v) is 3.11. The average Bonchev–Trinajstić information content (AvgIpc) is 2.51. The van der Waals surface area contributed by atoms with E-state index in [1.807, 2.05) is 30.3 Å². The van der Waals surface area contributed by atoms with Crippen LogP contribution < -0.4 is 4.74 Å². The number of fused-ring (bicyclic) bond motifs is 1. The summed E-state index contributed by atoms with van der Waals surface area (Å²) in [6.07, 6.45) is 1.49. The molecular formula is C15H8ClN3O. The van der Waals surface area contributed by atoms with Crippen molar-refractivity contribution >= 4 is 22.4 Å². The number of halogens is 1. The fourth-order valence-electron chi connectivity index (χ4n) is 1.87. The minimum atomic E-state index is 0.136. The van der Waals surface area contributed by atoms with Crippen molar-refractivity contribution in [2.75, 3.05) is 0 Å². The Kier molecular flexibility index (Phi) is 3.20. The molecule has 2 aromatic carbocycles. The van der Waals surface area contributed by atoms with Crippen LogP contribution in [0, 0.1) is 11.3 Å². The van der Waals surface area contributed by atoms with Crippen LogP contribution in [-0.4, -0.2) is 9.97 Å². The zero-order valence-corrected chi connectivity index (χ0v) is 11.0. The number of hydrogen-bond donors (Lipinski definition) is 0. The van der Waals surface area contributed by atoms with Gasteiger partial charge < -0.3 is 4.74 Å². The van der Waals surface area contributed by atoms with Crippen molar-refractivity contribution in [2.24, 2.45) is 0 Å². The number of aromatic nitrogens is 2. The maximum Gasteiger partial charge on any atom is 0.323 e. The monoisotopic (exact) mass is 281 g/mol. The van der Waals surface area contributed by atoms with Crippen molar-refractivity contribution in [2.45, 2.75) is 0 Å². The van der Waals surface area contributed by atoms with Gasteiger partial charge in [0.15, 0.2) is 0 Å². The van der Waals surface area contributed by atoms with Crippen LogP contribution >= 0.6 is 11.6 Å². The maximum absolute atomic E-state index is 8.82. The summed E-state index contributed by atoms with van der Waals surface area (Å²) in [5.74, 6) is 0.597. The predicted octanol–water partition coefficient (Wildman–Crippen LogP) is 3.95. The highest BCUT2D eigenvalue weighted by Crippen LogP contribution is 2.32. The van der Waals surface area contributed by atoms with E-state index in [1.54, 1.807) is 12.1 Å². The molecule has 1 aromatic heterocycles. The van der Waals surface area contributed by atoms with Crippen molar-refractivity contribution in [3.63, 3.8) is 0 Å². The summed E-state index contributed by atoms with van der Waals surface area (Å²) in [5, 5.41) is 11.2. The second-order valence-corrected chi connectivity index (χ2v) is 4.44. The van der Waals surface area contributed by atoms with Crippen molar-refractivity contribution in [1.29, 1.82) is 5.26 Å². The molecule has 4 nitrogen and oxygen atoms in total. The number of hydrogen-bond acceptors (Lipinski definition) is 4. The zero-order valence-electron chi connectivity index (χ0n) is 10.2. The molecule has 0 atom stereocenters. The third-order valence-electron chi connectivity index (χ3n) is 2.78. The lowest BCUT2D eigenvalue weighted by molar-refractivity contribution is 0.446. The summed E-state index contributed by atoms with van der Waals surface area (Å²) in [7, 11) is 0.